The van der Waals surface area contributed by atoms with E-state index in [1.807, 2.05) is 4.68 Å². The molecular formula is C14H16N4S. The average molecular weight is 272 g/mol. The molecule has 0 unspecified atom stereocenters. The molecule has 2 heterocycles. The zero-order chi connectivity index (χ0) is 13.1. The Morgan fingerprint density at radius 2 is 2.26 bits per heavy atom. The molecule has 3 aromatic rings. The van der Waals surface area contributed by atoms with Crippen LogP contribution in [0.2, 0.25) is 0 Å². The number of hydrogen-bond acceptors (Lipinski definition) is 4. The Bertz CT molecular complexity index is 671. The number of nitrogens with one attached hydrogen (secondary N) is 1. The van der Waals surface area contributed by atoms with Gasteiger partial charge in [-0.25, -0.2) is 9.67 Å². The molecule has 0 aliphatic rings. The Hall–Kier alpha value is -1.88. The summed E-state index contributed by atoms with van der Waals surface area (Å²) in [5.74, 6) is 0.979. The molecule has 98 valence electrons. The molecule has 1 N–H and O–H groups in total. The second kappa shape index (κ2) is 5.40. The first-order valence-corrected chi connectivity index (χ1v) is 7.32. The van der Waals surface area contributed by atoms with Crippen molar-refractivity contribution in [3.05, 3.63) is 41.8 Å². The summed E-state index contributed by atoms with van der Waals surface area (Å²) < 4.78 is 3.27. The van der Waals surface area contributed by atoms with Gasteiger partial charge in [0.15, 0.2) is 0 Å². The topological polar surface area (TPSA) is 42.7 Å². The molecule has 1 aromatic carbocycles. The minimum absolute atomic E-state index is 0.704. The maximum absolute atomic E-state index is 4.29. The molecule has 4 nitrogen and oxygen atoms in total. The Morgan fingerprint density at radius 3 is 3.16 bits per heavy atom. The van der Waals surface area contributed by atoms with Gasteiger partial charge in [0.25, 0.3) is 0 Å². The number of rotatable bonds is 5. The zero-order valence-electron chi connectivity index (χ0n) is 10.8. The van der Waals surface area contributed by atoms with Gasteiger partial charge in [-0.15, -0.1) is 11.3 Å². The molecule has 19 heavy (non-hydrogen) atoms. The van der Waals surface area contributed by atoms with Crippen LogP contribution in [-0.2, 0) is 13.1 Å². The monoisotopic (exact) mass is 272 g/mol. The van der Waals surface area contributed by atoms with Crippen molar-refractivity contribution in [2.24, 2.45) is 0 Å². The van der Waals surface area contributed by atoms with E-state index in [9.17, 15) is 0 Å². The predicted molar refractivity (Wildman–Crippen MR) is 79.5 cm³/mol. The second-order valence-corrected chi connectivity index (χ2v) is 5.37. The number of thiophene rings is 1. The quantitative estimate of drug-likeness (QED) is 0.773. The van der Waals surface area contributed by atoms with E-state index in [4.69, 9.17) is 0 Å². The summed E-state index contributed by atoms with van der Waals surface area (Å²) in [7, 11) is 0. The van der Waals surface area contributed by atoms with Gasteiger partial charge in [0, 0.05) is 16.9 Å². The number of anilines is 1. The van der Waals surface area contributed by atoms with Crippen molar-refractivity contribution in [2.45, 2.75) is 26.4 Å². The maximum Gasteiger partial charge on any atom is 0.146 e. The third-order valence-corrected chi connectivity index (χ3v) is 3.93. The predicted octanol–water partition coefficient (Wildman–Crippen LogP) is 3.51. The van der Waals surface area contributed by atoms with Crippen LogP contribution in [0.4, 0.5) is 5.69 Å². The lowest BCUT2D eigenvalue weighted by Gasteiger charge is -2.07. The number of aromatic nitrogens is 3. The zero-order valence-corrected chi connectivity index (χ0v) is 11.7. The van der Waals surface area contributed by atoms with Gasteiger partial charge in [-0.3, -0.25) is 0 Å². The van der Waals surface area contributed by atoms with Crippen LogP contribution in [0.3, 0.4) is 0 Å². The average Bonchev–Trinajstić information content (AvgIpc) is 3.05. The highest BCUT2D eigenvalue weighted by Crippen LogP contribution is 2.24. The smallest absolute Gasteiger partial charge is 0.146 e. The number of benzene rings is 1. The van der Waals surface area contributed by atoms with Crippen molar-refractivity contribution in [2.75, 3.05) is 5.32 Å². The lowest BCUT2D eigenvalue weighted by molar-refractivity contribution is 0.574. The molecule has 0 aliphatic carbocycles. The first kappa shape index (κ1) is 12.2. The SMILES string of the molecule is CCCn1ncnc1CNc1ccc2sccc2c1. The summed E-state index contributed by atoms with van der Waals surface area (Å²) in [6.07, 6.45) is 2.69. The van der Waals surface area contributed by atoms with Gasteiger partial charge < -0.3 is 5.32 Å². The number of aryl methyl sites for hydroxylation is 1. The van der Waals surface area contributed by atoms with E-state index in [-0.39, 0.29) is 0 Å². The molecule has 0 atom stereocenters. The molecule has 0 spiro atoms. The van der Waals surface area contributed by atoms with E-state index in [1.54, 1.807) is 17.7 Å². The van der Waals surface area contributed by atoms with Crippen molar-refractivity contribution >= 4 is 27.1 Å². The Labute approximate surface area is 116 Å². The summed E-state index contributed by atoms with van der Waals surface area (Å²) >= 11 is 1.77. The van der Waals surface area contributed by atoms with Crippen molar-refractivity contribution < 1.29 is 0 Å². The normalized spacial score (nSPS) is 11.0. The molecule has 0 saturated carbocycles. The molecule has 5 heteroatoms. The van der Waals surface area contributed by atoms with Gasteiger partial charge in [-0.1, -0.05) is 6.92 Å². The summed E-state index contributed by atoms with van der Waals surface area (Å²) in [6, 6.07) is 8.58. The molecule has 3 rings (SSSR count). The highest BCUT2D eigenvalue weighted by molar-refractivity contribution is 7.17. The van der Waals surface area contributed by atoms with E-state index in [1.165, 1.54) is 10.1 Å². The van der Waals surface area contributed by atoms with Crippen LogP contribution in [0.5, 0.6) is 0 Å². The molecule has 0 radical (unpaired) electrons. The Balaban J connectivity index is 1.72. The minimum Gasteiger partial charge on any atom is -0.378 e. The lowest BCUT2D eigenvalue weighted by atomic mass is 10.2. The fourth-order valence-corrected chi connectivity index (χ4v) is 2.85. The van der Waals surface area contributed by atoms with Crippen LogP contribution in [0.1, 0.15) is 19.2 Å². The van der Waals surface area contributed by atoms with Crippen LogP contribution in [-0.4, -0.2) is 14.8 Å². The standard InChI is InChI=1S/C14H16N4S/c1-2-6-18-14(16-10-17-18)9-15-12-3-4-13-11(8-12)5-7-19-13/h3-5,7-8,10,15H,2,6,9H2,1H3. The molecule has 0 fully saturated rings. The molecule has 0 aliphatic heterocycles. The number of hydrogen-bond donors (Lipinski definition) is 1. The summed E-state index contributed by atoms with van der Waals surface area (Å²) in [6.45, 7) is 3.76. The van der Waals surface area contributed by atoms with Crippen LogP contribution in [0.25, 0.3) is 10.1 Å². The summed E-state index contributed by atoms with van der Waals surface area (Å²) in [5.41, 5.74) is 1.12. The van der Waals surface area contributed by atoms with E-state index in [0.29, 0.717) is 6.54 Å². The van der Waals surface area contributed by atoms with E-state index in [2.05, 4.69) is 52.0 Å². The first-order chi connectivity index (χ1) is 9.36. The molecular weight excluding hydrogens is 256 g/mol. The molecule has 0 bridgehead atoms. The van der Waals surface area contributed by atoms with Crippen LogP contribution >= 0.6 is 11.3 Å². The first-order valence-electron chi connectivity index (χ1n) is 6.44. The second-order valence-electron chi connectivity index (χ2n) is 4.43. The van der Waals surface area contributed by atoms with E-state index < -0.39 is 0 Å². The van der Waals surface area contributed by atoms with Gasteiger partial charge in [0.2, 0.25) is 0 Å². The largest absolute Gasteiger partial charge is 0.378 e. The third-order valence-electron chi connectivity index (χ3n) is 3.03. The van der Waals surface area contributed by atoms with Crippen LogP contribution in [0.15, 0.2) is 36.0 Å². The molecule has 0 saturated heterocycles. The number of nitrogens with zero attached hydrogens (tertiary/aromatic N) is 3. The Kier molecular flexibility index (Phi) is 3.46. The fraction of sp³-hybridized carbons (Fsp3) is 0.286. The molecule has 0 amide bonds. The lowest BCUT2D eigenvalue weighted by Crippen LogP contribution is -2.09. The van der Waals surface area contributed by atoms with Gasteiger partial charge in [-0.2, -0.15) is 5.10 Å². The van der Waals surface area contributed by atoms with Crippen molar-refractivity contribution in [3.63, 3.8) is 0 Å². The number of fused-ring (bicyclic) bond motifs is 1. The Morgan fingerprint density at radius 1 is 1.32 bits per heavy atom. The van der Waals surface area contributed by atoms with E-state index >= 15 is 0 Å². The van der Waals surface area contributed by atoms with Crippen molar-refractivity contribution in [1.82, 2.24) is 14.8 Å². The highest BCUT2D eigenvalue weighted by atomic mass is 32.1. The van der Waals surface area contributed by atoms with Crippen molar-refractivity contribution in [1.29, 1.82) is 0 Å². The summed E-state index contributed by atoms with van der Waals surface area (Å²) in [4.78, 5) is 4.29. The maximum atomic E-state index is 4.29. The van der Waals surface area contributed by atoms with Crippen LogP contribution in [0, 0.1) is 0 Å². The van der Waals surface area contributed by atoms with Crippen LogP contribution < -0.4 is 5.32 Å². The van der Waals surface area contributed by atoms with Gasteiger partial charge in [0.1, 0.15) is 12.2 Å². The highest BCUT2D eigenvalue weighted by Gasteiger charge is 2.03. The van der Waals surface area contributed by atoms with Gasteiger partial charge in [-0.05, 0) is 41.5 Å². The third kappa shape index (κ3) is 2.61. The van der Waals surface area contributed by atoms with Gasteiger partial charge in [0.05, 0.1) is 6.54 Å². The van der Waals surface area contributed by atoms with E-state index in [0.717, 1.165) is 24.5 Å². The molecule has 2 aromatic heterocycles. The minimum atomic E-state index is 0.704. The van der Waals surface area contributed by atoms with Crippen molar-refractivity contribution in [3.8, 4) is 0 Å². The summed E-state index contributed by atoms with van der Waals surface area (Å²) in [5, 5.41) is 11.0. The van der Waals surface area contributed by atoms with Gasteiger partial charge >= 0.3 is 0 Å². The fourth-order valence-electron chi connectivity index (χ4n) is 2.08.